The molecule has 0 amide bonds. The Labute approximate surface area is 270 Å². The van der Waals surface area contributed by atoms with E-state index in [2.05, 4.69) is 19.9 Å². The van der Waals surface area contributed by atoms with Gasteiger partial charge in [-0.05, 0) is 85.7 Å². The number of hydrogen-bond donors (Lipinski definition) is 6. The third kappa shape index (κ3) is 4.57. The summed E-state index contributed by atoms with van der Waals surface area (Å²) in [6, 6.07) is 0. The minimum Gasteiger partial charge on any atom is -0.394 e. The average Bonchev–Trinajstić information content (AvgIpc) is 3.64. The number of aliphatic hydroxyl groups is 6. The van der Waals surface area contributed by atoms with Crippen molar-refractivity contribution in [2.75, 3.05) is 6.61 Å². The summed E-state index contributed by atoms with van der Waals surface area (Å²) in [5.74, 6) is -0.773. The molecule has 0 radical (unpaired) electrons. The lowest BCUT2D eigenvalue weighted by Crippen LogP contribution is -2.60. The third-order valence-electron chi connectivity index (χ3n) is 13.6. The molecule has 0 aromatic carbocycles. The van der Waals surface area contributed by atoms with E-state index in [9.17, 15) is 35.4 Å². The van der Waals surface area contributed by atoms with Crippen molar-refractivity contribution in [1.29, 1.82) is 0 Å². The maximum absolute atomic E-state index is 12.7. The van der Waals surface area contributed by atoms with Gasteiger partial charge in [0.1, 0.15) is 30.5 Å². The van der Waals surface area contributed by atoms with E-state index >= 15 is 0 Å². The Kier molecular flexibility index (Phi) is 8.24. The fourth-order valence-corrected chi connectivity index (χ4v) is 10.8. The molecule has 7 rings (SSSR count). The first-order chi connectivity index (χ1) is 21.7. The van der Waals surface area contributed by atoms with Gasteiger partial charge in [0.05, 0.1) is 24.9 Å². The summed E-state index contributed by atoms with van der Waals surface area (Å²) >= 11 is 0. The number of hydrogen-bond acceptors (Lipinski definition) is 11. The van der Waals surface area contributed by atoms with Crippen LogP contribution in [0.1, 0.15) is 79.6 Å². The number of Topliss-reactive ketones (excluding diaryl/α,β-unsaturated/α-hetero) is 1. The standard InChI is InChI=1S/C35H52O11/c1-15(2)35(42,16(3)37)30-29-24(31(41)46-30)25-22(44-29)13-21-19-7-6-17-12-18(8-10-33(17,4)20(19)9-11-34(21,25)5)43-32-28(40)27(39)26(38)23(14-36)45-32/h13,15,17-18,22-32,36,38-42H,6-12,14H2,1-5H3/t17-,18-,22-,23+,24-,25+,26+,27-,28+,29+,30-,31-,32+,33-,34-,35-/m0/s1. The molecule has 0 aromatic rings. The van der Waals surface area contributed by atoms with Gasteiger partial charge in [0.2, 0.25) is 0 Å². The molecule has 258 valence electrons. The second-order valence-corrected chi connectivity index (χ2v) is 16.0. The van der Waals surface area contributed by atoms with Gasteiger partial charge in [-0.2, -0.15) is 0 Å². The molecule has 0 aromatic heterocycles. The van der Waals surface area contributed by atoms with Crippen molar-refractivity contribution in [1.82, 2.24) is 0 Å². The molecule has 3 heterocycles. The van der Waals surface area contributed by atoms with E-state index in [0.717, 1.165) is 44.9 Å². The van der Waals surface area contributed by atoms with Crippen molar-refractivity contribution >= 4 is 5.78 Å². The minimum atomic E-state index is -1.74. The van der Waals surface area contributed by atoms with Gasteiger partial charge in [0.15, 0.2) is 24.0 Å². The molecule has 4 aliphatic carbocycles. The molecule has 6 N–H and O–H groups in total. The van der Waals surface area contributed by atoms with Crippen LogP contribution in [0.4, 0.5) is 0 Å². The number of ketones is 1. The normalized spacial score (nSPS) is 51.1. The van der Waals surface area contributed by atoms with E-state index in [4.69, 9.17) is 18.9 Å². The van der Waals surface area contributed by atoms with Gasteiger partial charge in [0, 0.05) is 11.8 Å². The summed E-state index contributed by atoms with van der Waals surface area (Å²) in [5.41, 5.74) is 2.27. The number of aliphatic hydroxyl groups excluding tert-OH is 5. The zero-order chi connectivity index (χ0) is 33.1. The Balaban J connectivity index is 1.10. The second kappa shape index (κ2) is 11.4. The van der Waals surface area contributed by atoms with Crippen LogP contribution in [0.25, 0.3) is 0 Å². The monoisotopic (exact) mass is 648 g/mol. The highest BCUT2D eigenvalue weighted by Gasteiger charge is 2.69. The maximum Gasteiger partial charge on any atom is 0.186 e. The summed E-state index contributed by atoms with van der Waals surface area (Å²) < 4.78 is 24.5. The van der Waals surface area contributed by atoms with E-state index in [1.807, 2.05) is 0 Å². The van der Waals surface area contributed by atoms with Crippen LogP contribution in [0.5, 0.6) is 0 Å². The van der Waals surface area contributed by atoms with Crippen LogP contribution < -0.4 is 0 Å². The summed E-state index contributed by atoms with van der Waals surface area (Å²) in [6.45, 7) is 9.13. The summed E-state index contributed by atoms with van der Waals surface area (Å²) in [7, 11) is 0. The van der Waals surface area contributed by atoms with Crippen LogP contribution in [0, 0.1) is 34.5 Å². The van der Waals surface area contributed by atoms with Crippen LogP contribution in [-0.4, -0.2) is 110 Å². The van der Waals surface area contributed by atoms with E-state index in [1.54, 1.807) is 13.8 Å². The molecule has 7 aliphatic rings. The zero-order valence-corrected chi connectivity index (χ0v) is 27.5. The predicted octanol–water partition coefficient (Wildman–Crippen LogP) is 1.50. The van der Waals surface area contributed by atoms with Gasteiger partial charge in [-0.25, -0.2) is 0 Å². The predicted molar refractivity (Wildman–Crippen MR) is 163 cm³/mol. The van der Waals surface area contributed by atoms with Crippen LogP contribution in [0.3, 0.4) is 0 Å². The topological polar surface area (TPSA) is 175 Å². The van der Waals surface area contributed by atoms with Crippen molar-refractivity contribution in [2.45, 2.75) is 147 Å². The molecule has 0 bridgehead atoms. The van der Waals surface area contributed by atoms with E-state index in [0.29, 0.717) is 5.92 Å². The van der Waals surface area contributed by atoms with E-state index in [-0.39, 0.29) is 40.7 Å². The molecular formula is C35H52O11. The van der Waals surface area contributed by atoms with Gasteiger partial charge in [-0.15, -0.1) is 0 Å². The van der Waals surface area contributed by atoms with Crippen molar-refractivity contribution in [2.24, 2.45) is 34.5 Å². The lowest BCUT2D eigenvalue weighted by atomic mass is 9.51. The Morgan fingerprint density at radius 2 is 1.76 bits per heavy atom. The molecule has 0 spiro atoms. The van der Waals surface area contributed by atoms with E-state index in [1.165, 1.54) is 23.6 Å². The largest absolute Gasteiger partial charge is 0.394 e. The molecule has 11 heteroatoms. The summed E-state index contributed by atoms with van der Waals surface area (Å²) in [5, 5.41) is 63.2. The zero-order valence-electron chi connectivity index (χ0n) is 27.5. The maximum atomic E-state index is 12.7. The molecule has 3 saturated heterocycles. The number of ether oxygens (including phenoxy) is 4. The molecular weight excluding hydrogens is 596 g/mol. The average molecular weight is 649 g/mol. The molecule has 3 aliphatic heterocycles. The van der Waals surface area contributed by atoms with Gasteiger partial charge >= 0.3 is 0 Å². The summed E-state index contributed by atoms with van der Waals surface area (Å²) in [6.07, 6.45) is -0.926. The van der Waals surface area contributed by atoms with Gasteiger partial charge in [-0.3, -0.25) is 4.79 Å². The first kappa shape index (κ1) is 33.3. The molecule has 11 nitrogen and oxygen atoms in total. The quantitative estimate of drug-likeness (QED) is 0.246. The smallest absolute Gasteiger partial charge is 0.186 e. The third-order valence-corrected chi connectivity index (χ3v) is 13.6. The Morgan fingerprint density at radius 3 is 2.43 bits per heavy atom. The van der Waals surface area contributed by atoms with Crippen molar-refractivity contribution in [3.05, 3.63) is 22.8 Å². The van der Waals surface area contributed by atoms with Crippen molar-refractivity contribution in [3.63, 3.8) is 0 Å². The molecule has 46 heavy (non-hydrogen) atoms. The van der Waals surface area contributed by atoms with Gasteiger partial charge < -0.3 is 49.6 Å². The molecule has 4 fully saturated rings. The fourth-order valence-electron chi connectivity index (χ4n) is 10.8. The lowest BCUT2D eigenvalue weighted by molar-refractivity contribution is -0.315. The number of rotatable bonds is 6. The number of allylic oxidation sites excluding steroid dienone is 3. The minimum absolute atomic E-state index is 0.0115. The Bertz CT molecular complexity index is 1290. The van der Waals surface area contributed by atoms with Crippen LogP contribution in [0.2, 0.25) is 0 Å². The number of carbonyl (C=O) groups excluding carboxylic acids is 1. The number of carbonyl (C=O) groups is 1. The van der Waals surface area contributed by atoms with Crippen LogP contribution in [0.15, 0.2) is 22.8 Å². The SMILES string of the molecule is CC(=O)[C@@](O)(C(C)C)[C@H]1O[C@H](O)[C@@H]2[C@H]1O[C@H]1C=C3C4=C(CC[C@]3(C)[C@@H]21)[C@@]1(C)CC[C@H](O[C@@H]2O[C@H](CO)[C@@H](O)[C@H](O)[C@H]2O)C[C@@H]1CC4. The molecule has 0 unspecified atom stereocenters. The van der Waals surface area contributed by atoms with Gasteiger partial charge in [-0.1, -0.05) is 39.3 Å². The molecule has 1 saturated carbocycles. The fraction of sp³-hybridized carbons (Fsp3) is 0.857. The van der Waals surface area contributed by atoms with Gasteiger partial charge in [0.25, 0.3) is 0 Å². The highest BCUT2D eigenvalue weighted by molar-refractivity contribution is 5.86. The second-order valence-electron chi connectivity index (χ2n) is 16.0. The number of fused-ring (bicyclic) bond motifs is 8. The Hall–Kier alpha value is -1.25. The highest BCUT2D eigenvalue weighted by Crippen LogP contribution is 2.67. The van der Waals surface area contributed by atoms with E-state index < -0.39 is 67.3 Å². The van der Waals surface area contributed by atoms with Crippen LogP contribution >= 0.6 is 0 Å². The first-order valence-electron chi connectivity index (χ1n) is 17.3. The Morgan fingerprint density at radius 1 is 1.02 bits per heavy atom. The molecule has 16 atom stereocenters. The van der Waals surface area contributed by atoms with Crippen molar-refractivity contribution in [3.8, 4) is 0 Å². The highest BCUT2D eigenvalue weighted by atomic mass is 16.7. The first-order valence-corrected chi connectivity index (χ1v) is 17.3. The summed E-state index contributed by atoms with van der Waals surface area (Å²) in [4.78, 5) is 12.7. The van der Waals surface area contributed by atoms with Crippen molar-refractivity contribution < 1.29 is 54.4 Å². The lowest BCUT2D eigenvalue weighted by Gasteiger charge is -2.54. The van der Waals surface area contributed by atoms with Crippen LogP contribution in [-0.2, 0) is 23.7 Å².